The Morgan fingerprint density at radius 1 is 1.10 bits per heavy atom. The minimum Gasteiger partial charge on any atom is -0.497 e. The highest BCUT2D eigenvalue weighted by molar-refractivity contribution is 9.10. The van der Waals surface area contributed by atoms with Gasteiger partial charge >= 0.3 is 0 Å². The molecule has 0 atom stereocenters. The average Bonchev–Trinajstić information content (AvgIpc) is 2.48. The molecule has 0 fully saturated rings. The van der Waals surface area contributed by atoms with Crippen molar-refractivity contribution >= 4 is 38.3 Å². The first-order valence-corrected chi connectivity index (χ1v) is 6.87. The molecule has 0 saturated carbocycles. The van der Waals surface area contributed by atoms with Crippen molar-refractivity contribution in [3.8, 4) is 5.75 Å². The molecule has 0 aliphatic heterocycles. The Labute approximate surface area is 125 Å². The number of hydrogen-bond acceptors (Lipinski definition) is 4. The second-order valence-electron chi connectivity index (χ2n) is 4.23. The fraction of sp³-hybridized carbons (Fsp3) is 0.0667. The number of pyridine rings is 2. The summed E-state index contributed by atoms with van der Waals surface area (Å²) in [7, 11) is 1.65. The van der Waals surface area contributed by atoms with Crippen LogP contribution in [0.2, 0.25) is 0 Å². The van der Waals surface area contributed by atoms with Crippen molar-refractivity contribution in [1.29, 1.82) is 0 Å². The summed E-state index contributed by atoms with van der Waals surface area (Å²) in [6.07, 6.45) is 3.53. The monoisotopic (exact) mass is 329 g/mol. The van der Waals surface area contributed by atoms with Gasteiger partial charge in [-0.05, 0) is 52.3 Å². The Bertz CT molecular complexity index is 744. The van der Waals surface area contributed by atoms with E-state index in [-0.39, 0.29) is 0 Å². The molecule has 0 radical (unpaired) electrons. The Kier molecular flexibility index (Phi) is 3.52. The Morgan fingerprint density at radius 3 is 2.65 bits per heavy atom. The van der Waals surface area contributed by atoms with Gasteiger partial charge in [-0.25, -0.2) is 0 Å². The number of ether oxygens (including phenoxy) is 1. The zero-order valence-corrected chi connectivity index (χ0v) is 12.4. The molecule has 1 aromatic carbocycles. The van der Waals surface area contributed by atoms with Crippen LogP contribution in [0.1, 0.15) is 0 Å². The molecule has 5 heteroatoms. The lowest BCUT2D eigenvalue weighted by Crippen LogP contribution is -1.94. The summed E-state index contributed by atoms with van der Waals surface area (Å²) in [5.41, 5.74) is 3.58. The van der Waals surface area contributed by atoms with Gasteiger partial charge in [-0.2, -0.15) is 0 Å². The Balaban J connectivity index is 1.97. The maximum Gasteiger partial charge on any atom is 0.119 e. The van der Waals surface area contributed by atoms with Crippen LogP contribution < -0.4 is 10.1 Å². The van der Waals surface area contributed by atoms with E-state index >= 15 is 0 Å². The normalized spacial score (nSPS) is 10.5. The zero-order chi connectivity index (χ0) is 13.9. The van der Waals surface area contributed by atoms with Crippen molar-refractivity contribution in [2.45, 2.75) is 0 Å². The van der Waals surface area contributed by atoms with Crippen LogP contribution in [-0.2, 0) is 0 Å². The second-order valence-corrected chi connectivity index (χ2v) is 5.15. The van der Waals surface area contributed by atoms with E-state index in [4.69, 9.17) is 4.74 Å². The summed E-state index contributed by atoms with van der Waals surface area (Å²) >= 11 is 3.40. The first-order valence-electron chi connectivity index (χ1n) is 6.07. The van der Waals surface area contributed by atoms with Crippen molar-refractivity contribution in [2.24, 2.45) is 0 Å². The molecule has 100 valence electrons. The van der Waals surface area contributed by atoms with Crippen LogP contribution in [-0.4, -0.2) is 17.1 Å². The first-order chi connectivity index (χ1) is 9.76. The molecule has 0 unspecified atom stereocenters. The zero-order valence-electron chi connectivity index (χ0n) is 10.8. The SMILES string of the molecule is COc1ccc(Nc2ccnc3cc(Br)cnc23)cc1. The average molecular weight is 330 g/mol. The van der Waals surface area contributed by atoms with Crippen molar-refractivity contribution in [3.05, 3.63) is 53.3 Å². The van der Waals surface area contributed by atoms with Crippen LogP contribution in [0.4, 0.5) is 11.4 Å². The van der Waals surface area contributed by atoms with E-state index in [1.165, 1.54) is 0 Å². The van der Waals surface area contributed by atoms with Gasteiger partial charge in [0.25, 0.3) is 0 Å². The van der Waals surface area contributed by atoms with Crippen molar-refractivity contribution < 1.29 is 4.74 Å². The van der Waals surface area contributed by atoms with Crippen molar-refractivity contribution in [2.75, 3.05) is 12.4 Å². The van der Waals surface area contributed by atoms with E-state index in [1.54, 1.807) is 19.5 Å². The number of anilines is 2. The van der Waals surface area contributed by atoms with E-state index in [1.807, 2.05) is 36.4 Å². The lowest BCUT2D eigenvalue weighted by molar-refractivity contribution is 0.415. The van der Waals surface area contributed by atoms with Gasteiger partial charge in [0.05, 0.1) is 18.3 Å². The highest BCUT2D eigenvalue weighted by Crippen LogP contribution is 2.26. The largest absolute Gasteiger partial charge is 0.497 e. The summed E-state index contributed by atoms with van der Waals surface area (Å²) in [4.78, 5) is 8.73. The number of aromatic nitrogens is 2. The molecule has 0 bridgehead atoms. The number of benzene rings is 1. The summed E-state index contributed by atoms with van der Waals surface area (Å²) in [5, 5.41) is 3.34. The number of nitrogens with one attached hydrogen (secondary N) is 1. The predicted molar refractivity (Wildman–Crippen MR) is 83.5 cm³/mol. The molecule has 0 aliphatic rings. The van der Waals surface area contributed by atoms with Gasteiger partial charge in [0.15, 0.2) is 0 Å². The predicted octanol–water partition coefficient (Wildman–Crippen LogP) is 4.14. The topological polar surface area (TPSA) is 47.0 Å². The molecule has 0 amide bonds. The summed E-state index contributed by atoms with van der Waals surface area (Å²) in [6, 6.07) is 11.6. The van der Waals surface area contributed by atoms with E-state index in [0.717, 1.165) is 32.6 Å². The molecular formula is C15H12BrN3O. The highest BCUT2D eigenvalue weighted by atomic mass is 79.9. The van der Waals surface area contributed by atoms with E-state index < -0.39 is 0 Å². The van der Waals surface area contributed by atoms with Crippen molar-refractivity contribution in [3.63, 3.8) is 0 Å². The molecule has 3 rings (SSSR count). The van der Waals surface area contributed by atoms with Gasteiger partial charge in [0.2, 0.25) is 0 Å². The Morgan fingerprint density at radius 2 is 1.90 bits per heavy atom. The lowest BCUT2D eigenvalue weighted by Gasteiger charge is -2.09. The number of fused-ring (bicyclic) bond motifs is 1. The summed E-state index contributed by atoms with van der Waals surface area (Å²) in [6.45, 7) is 0. The third-order valence-corrected chi connectivity index (χ3v) is 3.35. The third-order valence-electron chi connectivity index (χ3n) is 2.91. The fourth-order valence-corrected chi connectivity index (χ4v) is 2.26. The van der Waals surface area contributed by atoms with Gasteiger partial charge in [0, 0.05) is 22.6 Å². The number of hydrogen-bond donors (Lipinski definition) is 1. The van der Waals surface area contributed by atoms with E-state index in [0.29, 0.717) is 0 Å². The number of halogens is 1. The quantitative estimate of drug-likeness (QED) is 0.784. The van der Waals surface area contributed by atoms with Crippen LogP contribution >= 0.6 is 15.9 Å². The second kappa shape index (κ2) is 5.46. The first kappa shape index (κ1) is 12.9. The molecule has 2 heterocycles. The minimum absolute atomic E-state index is 0.831. The van der Waals surface area contributed by atoms with Crippen molar-refractivity contribution in [1.82, 2.24) is 9.97 Å². The lowest BCUT2D eigenvalue weighted by atomic mass is 10.2. The molecular weight excluding hydrogens is 318 g/mol. The van der Waals surface area contributed by atoms with Crippen LogP contribution in [0.3, 0.4) is 0 Å². The third kappa shape index (κ3) is 2.58. The van der Waals surface area contributed by atoms with Gasteiger partial charge < -0.3 is 10.1 Å². The van der Waals surface area contributed by atoms with E-state index in [9.17, 15) is 0 Å². The van der Waals surface area contributed by atoms with Gasteiger partial charge in [0.1, 0.15) is 11.3 Å². The highest BCUT2D eigenvalue weighted by Gasteiger charge is 2.04. The van der Waals surface area contributed by atoms with Crippen LogP contribution in [0.25, 0.3) is 11.0 Å². The minimum atomic E-state index is 0.831. The maximum absolute atomic E-state index is 5.15. The number of nitrogens with zero attached hydrogens (tertiary/aromatic N) is 2. The molecule has 4 nitrogen and oxygen atoms in total. The molecule has 3 aromatic rings. The van der Waals surface area contributed by atoms with Crippen LogP contribution in [0.5, 0.6) is 5.75 Å². The van der Waals surface area contributed by atoms with E-state index in [2.05, 4.69) is 31.2 Å². The standard InChI is InChI=1S/C15H12BrN3O/c1-20-12-4-2-11(3-5-12)19-13-6-7-17-14-8-10(16)9-18-15(13)14/h2-9H,1H3,(H,17,19). The molecule has 1 N–H and O–H groups in total. The summed E-state index contributed by atoms with van der Waals surface area (Å²) in [5.74, 6) is 0.831. The molecule has 0 spiro atoms. The van der Waals surface area contributed by atoms with Crippen LogP contribution in [0, 0.1) is 0 Å². The number of methoxy groups -OCH3 is 1. The summed E-state index contributed by atoms with van der Waals surface area (Å²) < 4.78 is 6.06. The van der Waals surface area contributed by atoms with Gasteiger partial charge in [-0.15, -0.1) is 0 Å². The molecule has 2 aromatic heterocycles. The number of rotatable bonds is 3. The fourth-order valence-electron chi connectivity index (χ4n) is 1.94. The Hall–Kier alpha value is -2.14. The van der Waals surface area contributed by atoms with Gasteiger partial charge in [-0.3, -0.25) is 9.97 Å². The molecule has 0 aliphatic carbocycles. The van der Waals surface area contributed by atoms with Gasteiger partial charge in [-0.1, -0.05) is 0 Å². The molecule has 0 saturated heterocycles. The maximum atomic E-state index is 5.15. The smallest absolute Gasteiger partial charge is 0.119 e. The molecule has 20 heavy (non-hydrogen) atoms. The van der Waals surface area contributed by atoms with Crippen LogP contribution in [0.15, 0.2) is 53.3 Å².